The van der Waals surface area contributed by atoms with Crippen molar-refractivity contribution in [2.24, 2.45) is 5.73 Å². The minimum Gasteiger partial charge on any atom is -0.368 e. The summed E-state index contributed by atoms with van der Waals surface area (Å²) in [6, 6.07) is 3.64. The molecule has 1 rings (SSSR count). The third-order valence-electron chi connectivity index (χ3n) is 2.63. The van der Waals surface area contributed by atoms with E-state index in [4.69, 9.17) is 17.3 Å². The summed E-state index contributed by atoms with van der Waals surface area (Å²) in [5, 5.41) is 3.06. The van der Waals surface area contributed by atoms with Gasteiger partial charge in [0.05, 0.1) is 5.02 Å². The first kappa shape index (κ1) is 13.9. The Bertz CT molecular complexity index is 411. The van der Waals surface area contributed by atoms with Crippen molar-refractivity contribution in [3.05, 3.63) is 34.6 Å². The van der Waals surface area contributed by atoms with Gasteiger partial charge in [0.25, 0.3) is 0 Å². The van der Waals surface area contributed by atoms with Crippen LogP contribution in [-0.4, -0.2) is 11.9 Å². The Labute approximate surface area is 105 Å². The molecular formula is C12H16ClFN2O. The largest absolute Gasteiger partial charge is 0.368 e. The van der Waals surface area contributed by atoms with Crippen LogP contribution in [0.1, 0.15) is 31.9 Å². The number of benzene rings is 1. The number of rotatable bonds is 5. The molecule has 1 aromatic rings. The molecule has 2 unspecified atom stereocenters. The monoisotopic (exact) mass is 258 g/mol. The number of hydrogen-bond acceptors (Lipinski definition) is 2. The molecule has 0 aliphatic carbocycles. The molecule has 2 atom stereocenters. The van der Waals surface area contributed by atoms with Gasteiger partial charge in [-0.1, -0.05) is 24.6 Å². The number of nitrogens with one attached hydrogen (secondary N) is 1. The molecule has 0 aliphatic heterocycles. The molecule has 1 amide bonds. The Morgan fingerprint density at radius 3 is 2.71 bits per heavy atom. The number of hydrogen-bond donors (Lipinski definition) is 2. The number of carbonyl (C=O) groups excluding carboxylic acids is 1. The first-order valence-corrected chi connectivity index (χ1v) is 5.83. The lowest BCUT2D eigenvalue weighted by molar-refractivity contribution is -0.120. The fourth-order valence-electron chi connectivity index (χ4n) is 1.44. The zero-order chi connectivity index (χ0) is 13.0. The van der Waals surface area contributed by atoms with Crippen molar-refractivity contribution >= 4 is 17.5 Å². The normalized spacial score (nSPS) is 14.4. The third kappa shape index (κ3) is 3.68. The highest BCUT2D eigenvalue weighted by atomic mass is 35.5. The zero-order valence-electron chi connectivity index (χ0n) is 9.84. The average Bonchev–Trinajstić information content (AvgIpc) is 2.29. The highest BCUT2D eigenvalue weighted by Gasteiger charge is 2.20. The minimum absolute atomic E-state index is 0.0142. The predicted molar refractivity (Wildman–Crippen MR) is 66.2 cm³/mol. The van der Waals surface area contributed by atoms with Gasteiger partial charge in [-0.15, -0.1) is 0 Å². The molecule has 0 saturated heterocycles. The highest BCUT2D eigenvalue weighted by molar-refractivity contribution is 6.30. The number of carbonyl (C=O) groups is 1. The van der Waals surface area contributed by atoms with Gasteiger partial charge in [-0.3, -0.25) is 10.1 Å². The van der Waals surface area contributed by atoms with Crippen LogP contribution in [0.5, 0.6) is 0 Å². The standard InChI is InChI=1S/C12H16ClFN2O/c1-3-7(2)16-11(12(15)17)8-4-5-10(14)9(13)6-8/h4-7,11,16H,3H2,1-2H3,(H2,15,17). The first-order chi connectivity index (χ1) is 7.95. The second kappa shape index (κ2) is 5.98. The molecule has 5 heteroatoms. The Hall–Kier alpha value is -1.13. The molecule has 0 bridgehead atoms. The SMILES string of the molecule is CCC(C)NC(C(N)=O)c1ccc(F)c(Cl)c1. The van der Waals surface area contributed by atoms with Crippen LogP contribution in [0.25, 0.3) is 0 Å². The van der Waals surface area contributed by atoms with Gasteiger partial charge in [0, 0.05) is 6.04 Å². The van der Waals surface area contributed by atoms with Crippen LogP contribution in [0.3, 0.4) is 0 Å². The predicted octanol–water partition coefficient (Wildman–Crippen LogP) is 2.39. The van der Waals surface area contributed by atoms with Gasteiger partial charge in [-0.2, -0.15) is 0 Å². The summed E-state index contributed by atoms with van der Waals surface area (Å²) >= 11 is 5.68. The minimum atomic E-state index is -0.650. The van der Waals surface area contributed by atoms with Gasteiger partial charge < -0.3 is 5.73 Å². The van der Waals surface area contributed by atoms with Crippen molar-refractivity contribution in [3.8, 4) is 0 Å². The number of primary amides is 1. The Morgan fingerprint density at radius 1 is 1.59 bits per heavy atom. The maximum Gasteiger partial charge on any atom is 0.239 e. The molecule has 94 valence electrons. The van der Waals surface area contributed by atoms with E-state index in [0.717, 1.165) is 6.42 Å². The summed E-state index contributed by atoms with van der Waals surface area (Å²) in [6.07, 6.45) is 0.860. The second-order valence-corrected chi connectivity index (χ2v) is 4.39. The van der Waals surface area contributed by atoms with Crippen LogP contribution in [0, 0.1) is 5.82 Å². The molecule has 1 aromatic carbocycles. The molecule has 3 nitrogen and oxygen atoms in total. The van der Waals surface area contributed by atoms with Crippen LogP contribution < -0.4 is 11.1 Å². The van der Waals surface area contributed by atoms with Crippen molar-refractivity contribution in [3.63, 3.8) is 0 Å². The van der Waals surface area contributed by atoms with Crippen LogP contribution >= 0.6 is 11.6 Å². The van der Waals surface area contributed by atoms with Crippen molar-refractivity contribution in [2.75, 3.05) is 0 Å². The Morgan fingerprint density at radius 2 is 2.24 bits per heavy atom. The molecule has 0 heterocycles. The van der Waals surface area contributed by atoms with Crippen molar-refractivity contribution in [1.29, 1.82) is 0 Å². The molecule has 17 heavy (non-hydrogen) atoms. The second-order valence-electron chi connectivity index (χ2n) is 3.98. The zero-order valence-corrected chi connectivity index (χ0v) is 10.6. The average molecular weight is 259 g/mol. The lowest BCUT2D eigenvalue weighted by atomic mass is 10.0. The van der Waals surface area contributed by atoms with Crippen LogP contribution in [0.15, 0.2) is 18.2 Å². The molecule has 0 aromatic heterocycles. The van der Waals surface area contributed by atoms with Crippen molar-refractivity contribution in [1.82, 2.24) is 5.32 Å². The van der Waals surface area contributed by atoms with Gasteiger partial charge in [-0.05, 0) is 31.0 Å². The van der Waals surface area contributed by atoms with Crippen LogP contribution in [-0.2, 0) is 4.79 Å². The number of nitrogens with two attached hydrogens (primary N) is 1. The van der Waals surface area contributed by atoms with E-state index >= 15 is 0 Å². The van der Waals surface area contributed by atoms with Crippen molar-refractivity contribution < 1.29 is 9.18 Å². The topological polar surface area (TPSA) is 55.1 Å². The maximum atomic E-state index is 13.0. The van der Waals surface area contributed by atoms with E-state index in [1.165, 1.54) is 18.2 Å². The molecular weight excluding hydrogens is 243 g/mol. The summed E-state index contributed by atoms with van der Waals surface area (Å²) in [5.74, 6) is -1.02. The van der Waals surface area contributed by atoms with Crippen LogP contribution in [0.2, 0.25) is 5.02 Å². The smallest absolute Gasteiger partial charge is 0.239 e. The Balaban J connectivity index is 2.97. The summed E-state index contributed by atoms with van der Waals surface area (Å²) in [5.41, 5.74) is 5.89. The lowest BCUT2D eigenvalue weighted by Crippen LogP contribution is -2.38. The molecule has 0 aliphatic rings. The highest BCUT2D eigenvalue weighted by Crippen LogP contribution is 2.21. The Kier molecular flexibility index (Phi) is 4.90. The van der Waals surface area contributed by atoms with E-state index in [-0.39, 0.29) is 11.1 Å². The fourth-order valence-corrected chi connectivity index (χ4v) is 1.63. The first-order valence-electron chi connectivity index (χ1n) is 5.46. The van der Waals surface area contributed by atoms with E-state index in [0.29, 0.717) is 5.56 Å². The van der Waals surface area contributed by atoms with Gasteiger partial charge in [-0.25, -0.2) is 4.39 Å². The molecule has 0 radical (unpaired) electrons. The molecule has 0 fully saturated rings. The van der Waals surface area contributed by atoms with E-state index < -0.39 is 17.8 Å². The van der Waals surface area contributed by atoms with Crippen LogP contribution in [0.4, 0.5) is 4.39 Å². The van der Waals surface area contributed by atoms with Gasteiger partial charge in [0.15, 0.2) is 0 Å². The van der Waals surface area contributed by atoms with E-state index in [2.05, 4.69) is 5.32 Å². The molecule has 0 spiro atoms. The van der Waals surface area contributed by atoms with Gasteiger partial charge in [0.1, 0.15) is 11.9 Å². The van der Waals surface area contributed by atoms with Gasteiger partial charge >= 0.3 is 0 Å². The summed E-state index contributed by atoms with van der Waals surface area (Å²) in [7, 11) is 0. The fraction of sp³-hybridized carbons (Fsp3) is 0.417. The lowest BCUT2D eigenvalue weighted by Gasteiger charge is -2.20. The summed E-state index contributed by atoms with van der Waals surface area (Å²) < 4.78 is 13.0. The van der Waals surface area contributed by atoms with Crippen molar-refractivity contribution in [2.45, 2.75) is 32.4 Å². The quantitative estimate of drug-likeness (QED) is 0.852. The maximum absolute atomic E-state index is 13.0. The van der Waals surface area contributed by atoms with E-state index in [1.807, 2.05) is 13.8 Å². The molecule has 3 N–H and O–H groups in total. The van der Waals surface area contributed by atoms with E-state index in [9.17, 15) is 9.18 Å². The number of halogens is 2. The number of amides is 1. The third-order valence-corrected chi connectivity index (χ3v) is 2.91. The summed E-state index contributed by atoms with van der Waals surface area (Å²) in [4.78, 5) is 11.4. The molecule has 0 saturated carbocycles. The summed E-state index contributed by atoms with van der Waals surface area (Å²) in [6.45, 7) is 3.94. The van der Waals surface area contributed by atoms with E-state index in [1.54, 1.807) is 0 Å². The van der Waals surface area contributed by atoms with Gasteiger partial charge in [0.2, 0.25) is 5.91 Å².